The summed E-state index contributed by atoms with van der Waals surface area (Å²) in [7, 11) is 0. The first-order valence-electron chi connectivity index (χ1n) is 6.57. The van der Waals surface area contributed by atoms with Crippen molar-refractivity contribution < 1.29 is 5.11 Å². The number of benzene rings is 1. The maximum atomic E-state index is 8.97. The van der Waals surface area contributed by atoms with E-state index >= 15 is 0 Å². The van der Waals surface area contributed by atoms with E-state index < -0.39 is 0 Å². The number of halogens is 1. The molecule has 102 valence electrons. The molecule has 0 spiro atoms. The smallest absolute Gasteiger partial charge is 0.0447 e. The van der Waals surface area contributed by atoms with Crippen molar-refractivity contribution in [2.45, 2.75) is 26.8 Å². The third-order valence-electron chi connectivity index (χ3n) is 2.92. The second-order valence-corrected chi connectivity index (χ2v) is 5.13. The predicted octanol–water partition coefficient (Wildman–Crippen LogP) is 2.77. The van der Waals surface area contributed by atoms with Gasteiger partial charge in [0.05, 0.1) is 0 Å². The molecule has 1 rings (SSSR count). The largest absolute Gasteiger partial charge is 0.396 e. The van der Waals surface area contributed by atoms with E-state index in [9.17, 15) is 0 Å². The highest BCUT2D eigenvalue weighted by atomic mass is 79.9. The van der Waals surface area contributed by atoms with Crippen molar-refractivity contribution in [1.29, 1.82) is 0 Å². The van der Waals surface area contributed by atoms with Crippen molar-refractivity contribution in [3.63, 3.8) is 0 Å². The number of nitrogens with zero attached hydrogens (tertiary/aromatic N) is 1. The number of hydrogen-bond donors (Lipinski definition) is 2. The summed E-state index contributed by atoms with van der Waals surface area (Å²) in [6, 6.07) is 6.39. The van der Waals surface area contributed by atoms with Crippen molar-refractivity contribution in [3.05, 3.63) is 28.2 Å². The van der Waals surface area contributed by atoms with Crippen molar-refractivity contribution in [2.24, 2.45) is 0 Å². The van der Waals surface area contributed by atoms with Crippen molar-refractivity contribution in [2.75, 3.05) is 31.1 Å². The molecule has 0 aliphatic carbocycles. The fraction of sp³-hybridized carbons (Fsp3) is 0.571. The molecule has 0 heterocycles. The van der Waals surface area contributed by atoms with E-state index in [0.717, 1.165) is 37.1 Å². The zero-order valence-corrected chi connectivity index (χ0v) is 12.8. The molecule has 4 heteroatoms. The van der Waals surface area contributed by atoms with Gasteiger partial charge in [-0.3, -0.25) is 0 Å². The van der Waals surface area contributed by atoms with E-state index in [-0.39, 0.29) is 6.61 Å². The van der Waals surface area contributed by atoms with Gasteiger partial charge in [0.15, 0.2) is 0 Å². The van der Waals surface area contributed by atoms with Crippen molar-refractivity contribution in [3.8, 4) is 0 Å². The Morgan fingerprint density at radius 2 is 2.11 bits per heavy atom. The molecule has 0 saturated carbocycles. The van der Waals surface area contributed by atoms with Gasteiger partial charge < -0.3 is 15.3 Å². The van der Waals surface area contributed by atoms with Crippen LogP contribution < -0.4 is 10.2 Å². The van der Waals surface area contributed by atoms with Crippen LogP contribution in [-0.4, -0.2) is 31.3 Å². The monoisotopic (exact) mass is 314 g/mol. The van der Waals surface area contributed by atoms with Crippen LogP contribution in [0.2, 0.25) is 0 Å². The summed E-state index contributed by atoms with van der Waals surface area (Å²) in [4.78, 5) is 2.31. The molecule has 0 atom stereocenters. The second-order valence-electron chi connectivity index (χ2n) is 4.21. The minimum atomic E-state index is 0.246. The van der Waals surface area contributed by atoms with Crippen LogP contribution in [0.4, 0.5) is 5.69 Å². The lowest BCUT2D eigenvalue weighted by Gasteiger charge is -2.26. The molecule has 0 amide bonds. The number of aliphatic hydroxyl groups is 1. The van der Waals surface area contributed by atoms with Crippen LogP contribution in [0.5, 0.6) is 0 Å². The Labute approximate surface area is 118 Å². The number of anilines is 1. The Bertz CT molecular complexity index is 358. The molecular weight excluding hydrogens is 292 g/mol. The molecule has 1 aromatic carbocycles. The Morgan fingerprint density at radius 1 is 1.33 bits per heavy atom. The lowest BCUT2D eigenvalue weighted by Crippen LogP contribution is -2.26. The summed E-state index contributed by atoms with van der Waals surface area (Å²) in [5.41, 5.74) is 2.56. The van der Waals surface area contributed by atoms with E-state index in [1.165, 1.54) is 11.3 Å². The van der Waals surface area contributed by atoms with E-state index in [1.54, 1.807) is 0 Å². The first-order chi connectivity index (χ1) is 8.72. The molecule has 18 heavy (non-hydrogen) atoms. The summed E-state index contributed by atoms with van der Waals surface area (Å²) >= 11 is 3.53. The second kappa shape index (κ2) is 8.51. The average Bonchev–Trinajstić information content (AvgIpc) is 2.38. The number of hydrogen-bond acceptors (Lipinski definition) is 3. The summed E-state index contributed by atoms with van der Waals surface area (Å²) in [5.74, 6) is 0. The molecule has 2 N–H and O–H groups in total. The molecule has 0 radical (unpaired) electrons. The highest BCUT2D eigenvalue weighted by Crippen LogP contribution is 2.24. The first kappa shape index (κ1) is 15.5. The quantitative estimate of drug-likeness (QED) is 0.774. The lowest BCUT2D eigenvalue weighted by molar-refractivity contribution is 0.289. The molecule has 0 bridgehead atoms. The zero-order chi connectivity index (χ0) is 13.4. The summed E-state index contributed by atoms with van der Waals surface area (Å²) in [6.07, 6.45) is 0.810. The number of nitrogens with one attached hydrogen (secondary N) is 1. The molecule has 0 aromatic heterocycles. The van der Waals surface area contributed by atoms with Gasteiger partial charge in [0.2, 0.25) is 0 Å². The van der Waals surface area contributed by atoms with Gasteiger partial charge in [-0.1, -0.05) is 22.9 Å². The van der Waals surface area contributed by atoms with Crippen LogP contribution in [0.15, 0.2) is 22.7 Å². The first-order valence-corrected chi connectivity index (χ1v) is 7.37. The predicted molar refractivity (Wildman–Crippen MR) is 81.1 cm³/mol. The maximum absolute atomic E-state index is 8.97. The van der Waals surface area contributed by atoms with Gasteiger partial charge in [-0.2, -0.15) is 0 Å². The summed E-state index contributed by atoms with van der Waals surface area (Å²) in [5, 5.41) is 12.3. The molecule has 0 aliphatic rings. The van der Waals surface area contributed by atoms with Crippen LogP contribution in [-0.2, 0) is 6.54 Å². The molecule has 0 fully saturated rings. The fourth-order valence-corrected chi connectivity index (χ4v) is 2.38. The van der Waals surface area contributed by atoms with Gasteiger partial charge in [-0.15, -0.1) is 0 Å². The Kier molecular flexibility index (Phi) is 7.32. The SMILES string of the molecule is CCNCc1cc(Br)ccc1N(CC)CCCO. The zero-order valence-electron chi connectivity index (χ0n) is 11.2. The van der Waals surface area contributed by atoms with Gasteiger partial charge >= 0.3 is 0 Å². The van der Waals surface area contributed by atoms with E-state index in [2.05, 4.69) is 58.2 Å². The Hall–Kier alpha value is -0.580. The Morgan fingerprint density at radius 3 is 2.72 bits per heavy atom. The normalized spacial score (nSPS) is 10.7. The maximum Gasteiger partial charge on any atom is 0.0447 e. The third kappa shape index (κ3) is 4.59. The lowest BCUT2D eigenvalue weighted by atomic mass is 10.1. The van der Waals surface area contributed by atoms with Crippen LogP contribution in [0, 0.1) is 0 Å². The van der Waals surface area contributed by atoms with E-state index in [4.69, 9.17) is 5.11 Å². The third-order valence-corrected chi connectivity index (χ3v) is 3.41. The minimum absolute atomic E-state index is 0.246. The molecule has 0 aliphatic heterocycles. The van der Waals surface area contributed by atoms with Crippen LogP contribution in [0.25, 0.3) is 0 Å². The fourth-order valence-electron chi connectivity index (χ4n) is 1.97. The topological polar surface area (TPSA) is 35.5 Å². The number of aliphatic hydroxyl groups excluding tert-OH is 1. The molecule has 0 unspecified atom stereocenters. The molecule has 0 saturated heterocycles. The van der Waals surface area contributed by atoms with E-state index in [1.807, 2.05) is 0 Å². The van der Waals surface area contributed by atoms with Gasteiger partial charge in [0.25, 0.3) is 0 Å². The standard InChI is InChI=1S/C14H23BrN2O/c1-3-16-11-12-10-13(15)6-7-14(12)17(4-2)8-5-9-18/h6-7,10,16,18H,3-5,8-9,11H2,1-2H3. The van der Waals surface area contributed by atoms with Crippen molar-refractivity contribution in [1.82, 2.24) is 5.32 Å². The molecule has 1 aromatic rings. The molecule has 3 nitrogen and oxygen atoms in total. The molecular formula is C14H23BrN2O. The van der Waals surface area contributed by atoms with Gasteiger partial charge in [-0.05, 0) is 43.7 Å². The van der Waals surface area contributed by atoms with Crippen LogP contribution >= 0.6 is 15.9 Å². The van der Waals surface area contributed by atoms with Gasteiger partial charge in [0.1, 0.15) is 0 Å². The van der Waals surface area contributed by atoms with Crippen molar-refractivity contribution >= 4 is 21.6 Å². The number of rotatable bonds is 8. The average molecular weight is 315 g/mol. The van der Waals surface area contributed by atoms with Crippen LogP contribution in [0.1, 0.15) is 25.8 Å². The summed E-state index contributed by atoms with van der Waals surface area (Å²) in [6.45, 7) is 8.21. The van der Waals surface area contributed by atoms with E-state index in [0.29, 0.717) is 0 Å². The summed E-state index contributed by atoms with van der Waals surface area (Å²) < 4.78 is 1.11. The van der Waals surface area contributed by atoms with Crippen LogP contribution in [0.3, 0.4) is 0 Å². The van der Waals surface area contributed by atoms with Gasteiger partial charge in [-0.25, -0.2) is 0 Å². The van der Waals surface area contributed by atoms with Gasteiger partial charge in [0, 0.05) is 36.4 Å². The highest BCUT2D eigenvalue weighted by molar-refractivity contribution is 9.10. The minimum Gasteiger partial charge on any atom is -0.396 e. The Balaban J connectivity index is 2.89. The highest BCUT2D eigenvalue weighted by Gasteiger charge is 2.09.